The number of rotatable bonds is 6. The van der Waals surface area contributed by atoms with Crippen molar-refractivity contribution >= 4 is 0 Å². The van der Waals surface area contributed by atoms with Crippen molar-refractivity contribution in [3.63, 3.8) is 0 Å². The summed E-state index contributed by atoms with van der Waals surface area (Å²) in [7, 11) is 0. The zero-order valence-corrected chi connectivity index (χ0v) is 8.45. The van der Waals surface area contributed by atoms with Gasteiger partial charge in [-0.3, -0.25) is 0 Å². The summed E-state index contributed by atoms with van der Waals surface area (Å²) >= 11 is 0. The molecular weight excluding hydrogens is 152 g/mol. The van der Waals surface area contributed by atoms with Gasteiger partial charge in [-0.05, 0) is 11.8 Å². The van der Waals surface area contributed by atoms with E-state index in [4.69, 9.17) is 10.2 Å². The fourth-order valence-electron chi connectivity index (χ4n) is 1.35. The summed E-state index contributed by atoms with van der Waals surface area (Å²) in [5, 5.41) is 17.4. The van der Waals surface area contributed by atoms with E-state index in [9.17, 15) is 0 Å². The van der Waals surface area contributed by atoms with Crippen LogP contribution in [0.2, 0.25) is 0 Å². The zero-order chi connectivity index (χ0) is 9.56. The topological polar surface area (TPSA) is 40.5 Å². The quantitative estimate of drug-likeness (QED) is 0.606. The molecular formula is C10H22O2. The standard InChI is InChI=1S/C10H22O2/c1-8(2)5-4-6-9(3)7-10(11)12/h8-12H,4-7H2,1-3H3. The van der Waals surface area contributed by atoms with Crippen LogP contribution in [0.25, 0.3) is 0 Å². The molecule has 0 aromatic heterocycles. The molecule has 0 amide bonds. The number of hydrogen-bond acceptors (Lipinski definition) is 2. The molecule has 0 fully saturated rings. The maximum absolute atomic E-state index is 8.69. The second-order valence-corrected chi connectivity index (χ2v) is 4.15. The fraction of sp³-hybridized carbons (Fsp3) is 1.00. The van der Waals surface area contributed by atoms with Crippen molar-refractivity contribution in [3.05, 3.63) is 0 Å². The monoisotopic (exact) mass is 174 g/mol. The minimum absolute atomic E-state index is 0.434. The molecule has 2 heteroatoms. The van der Waals surface area contributed by atoms with Crippen molar-refractivity contribution in [2.24, 2.45) is 11.8 Å². The van der Waals surface area contributed by atoms with Gasteiger partial charge in [-0.2, -0.15) is 0 Å². The van der Waals surface area contributed by atoms with Gasteiger partial charge in [0.15, 0.2) is 6.29 Å². The molecule has 0 rings (SSSR count). The van der Waals surface area contributed by atoms with Crippen molar-refractivity contribution < 1.29 is 10.2 Å². The van der Waals surface area contributed by atoms with Crippen molar-refractivity contribution in [2.75, 3.05) is 0 Å². The molecule has 0 aliphatic heterocycles. The second kappa shape index (κ2) is 6.44. The molecule has 0 spiro atoms. The van der Waals surface area contributed by atoms with Crippen LogP contribution in [0.15, 0.2) is 0 Å². The van der Waals surface area contributed by atoms with Gasteiger partial charge in [-0.25, -0.2) is 0 Å². The number of aliphatic hydroxyl groups excluding tert-OH is 1. The Morgan fingerprint density at radius 1 is 1.00 bits per heavy atom. The molecule has 0 saturated heterocycles. The van der Waals surface area contributed by atoms with E-state index in [1.807, 2.05) is 0 Å². The van der Waals surface area contributed by atoms with Crippen LogP contribution in [0.4, 0.5) is 0 Å². The van der Waals surface area contributed by atoms with E-state index in [-0.39, 0.29) is 0 Å². The molecule has 1 atom stereocenters. The SMILES string of the molecule is CC(C)CCCC(C)CC(O)O. The van der Waals surface area contributed by atoms with Crippen LogP contribution in [0.1, 0.15) is 46.5 Å². The minimum atomic E-state index is -1.13. The average molecular weight is 174 g/mol. The van der Waals surface area contributed by atoms with Crippen molar-refractivity contribution in [2.45, 2.75) is 52.7 Å². The van der Waals surface area contributed by atoms with Gasteiger partial charge in [0.2, 0.25) is 0 Å². The lowest BCUT2D eigenvalue weighted by Crippen LogP contribution is -2.10. The van der Waals surface area contributed by atoms with Gasteiger partial charge in [0.25, 0.3) is 0 Å². The minimum Gasteiger partial charge on any atom is -0.368 e. The maximum atomic E-state index is 8.69. The molecule has 0 radical (unpaired) electrons. The highest BCUT2D eigenvalue weighted by molar-refractivity contribution is 4.55. The predicted octanol–water partition coefficient (Wildman–Crippen LogP) is 2.15. The maximum Gasteiger partial charge on any atom is 0.151 e. The van der Waals surface area contributed by atoms with Gasteiger partial charge >= 0.3 is 0 Å². The first kappa shape index (κ1) is 11.9. The Labute approximate surface area is 75.6 Å². The lowest BCUT2D eigenvalue weighted by molar-refractivity contribution is -0.0552. The van der Waals surface area contributed by atoms with Crippen LogP contribution in [-0.4, -0.2) is 16.5 Å². The van der Waals surface area contributed by atoms with Crippen molar-refractivity contribution in [1.29, 1.82) is 0 Å². The van der Waals surface area contributed by atoms with E-state index in [2.05, 4.69) is 20.8 Å². The van der Waals surface area contributed by atoms with Gasteiger partial charge in [0.05, 0.1) is 0 Å². The van der Waals surface area contributed by atoms with Gasteiger partial charge < -0.3 is 10.2 Å². The van der Waals surface area contributed by atoms with E-state index in [0.717, 1.165) is 12.3 Å². The first-order valence-electron chi connectivity index (χ1n) is 4.88. The summed E-state index contributed by atoms with van der Waals surface area (Å²) in [6.45, 7) is 6.50. The Hall–Kier alpha value is -0.0800. The van der Waals surface area contributed by atoms with Gasteiger partial charge in [0, 0.05) is 6.42 Å². The third kappa shape index (κ3) is 8.02. The molecule has 0 heterocycles. The predicted molar refractivity (Wildman–Crippen MR) is 50.7 cm³/mol. The van der Waals surface area contributed by atoms with E-state index < -0.39 is 6.29 Å². The van der Waals surface area contributed by atoms with Crippen LogP contribution in [0.5, 0.6) is 0 Å². The molecule has 0 aromatic carbocycles. The summed E-state index contributed by atoms with van der Waals surface area (Å²) in [6.07, 6.45) is 2.93. The third-order valence-electron chi connectivity index (χ3n) is 2.09. The van der Waals surface area contributed by atoms with Crippen LogP contribution in [0, 0.1) is 11.8 Å². The van der Waals surface area contributed by atoms with Crippen LogP contribution in [-0.2, 0) is 0 Å². The highest BCUT2D eigenvalue weighted by Gasteiger charge is 2.06. The molecule has 0 aliphatic carbocycles. The van der Waals surface area contributed by atoms with E-state index in [0.29, 0.717) is 12.3 Å². The molecule has 74 valence electrons. The first-order chi connectivity index (χ1) is 5.52. The highest BCUT2D eigenvalue weighted by Crippen LogP contribution is 2.15. The summed E-state index contributed by atoms with van der Waals surface area (Å²) in [5.41, 5.74) is 0. The smallest absolute Gasteiger partial charge is 0.151 e. The van der Waals surface area contributed by atoms with Crippen LogP contribution >= 0.6 is 0 Å². The Morgan fingerprint density at radius 2 is 1.58 bits per heavy atom. The summed E-state index contributed by atoms with van der Waals surface area (Å²) in [6, 6.07) is 0. The number of hydrogen-bond donors (Lipinski definition) is 2. The summed E-state index contributed by atoms with van der Waals surface area (Å²) < 4.78 is 0. The van der Waals surface area contributed by atoms with E-state index in [1.54, 1.807) is 0 Å². The van der Waals surface area contributed by atoms with Crippen molar-refractivity contribution in [3.8, 4) is 0 Å². The Bertz CT molecular complexity index is 100. The van der Waals surface area contributed by atoms with Crippen molar-refractivity contribution in [1.82, 2.24) is 0 Å². The molecule has 0 aliphatic rings. The largest absolute Gasteiger partial charge is 0.368 e. The van der Waals surface area contributed by atoms with E-state index >= 15 is 0 Å². The lowest BCUT2D eigenvalue weighted by Gasteiger charge is -2.12. The molecule has 0 bridgehead atoms. The van der Waals surface area contributed by atoms with Crippen LogP contribution in [0.3, 0.4) is 0 Å². The highest BCUT2D eigenvalue weighted by atomic mass is 16.5. The molecule has 1 unspecified atom stereocenters. The Balaban J connectivity index is 3.25. The molecule has 12 heavy (non-hydrogen) atoms. The molecule has 0 aromatic rings. The molecule has 0 saturated carbocycles. The third-order valence-corrected chi connectivity index (χ3v) is 2.09. The normalized spacial score (nSPS) is 14.2. The molecule has 2 N–H and O–H groups in total. The average Bonchev–Trinajstić information content (AvgIpc) is 1.84. The zero-order valence-electron chi connectivity index (χ0n) is 8.45. The van der Waals surface area contributed by atoms with Gasteiger partial charge in [-0.15, -0.1) is 0 Å². The van der Waals surface area contributed by atoms with Gasteiger partial charge in [0.1, 0.15) is 0 Å². The fourth-order valence-corrected chi connectivity index (χ4v) is 1.35. The van der Waals surface area contributed by atoms with E-state index in [1.165, 1.54) is 12.8 Å². The second-order valence-electron chi connectivity index (χ2n) is 4.15. The lowest BCUT2D eigenvalue weighted by atomic mass is 9.97. The Morgan fingerprint density at radius 3 is 2.00 bits per heavy atom. The first-order valence-corrected chi connectivity index (χ1v) is 4.88. The molecule has 2 nitrogen and oxygen atoms in total. The number of aliphatic hydroxyl groups is 2. The van der Waals surface area contributed by atoms with Crippen LogP contribution < -0.4 is 0 Å². The Kier molecular flexibility index (Phi) is 6.39. The summed E-state index contributed by atoms with van der Waals surface area (Å²) in [4.78, 5) is 0. The summed E-state index contributed by atoms with van der Waals surface area (Å²) in [5.74, 6) is 1.19. The van der Waals surface area contributed by atoms with Gasteiger partial charge in [-0.1, -0.05) is 40.0 Å².